The first-order chi connectivity index (χ1) is 57.4. The fraction of sp³-hybridized carbons (Fsp3) is 0.0374. The van der Waals surface area contributed by atoms with E-state index in [0.717, 1.165) is 228 Å². The normalized spacial score (nSPS) is 12.3. The van der Waals surface area contributed by atoms with Crippen LogP contribution in [0.3, 0.4) is 0 Å². The molecule has 0 unspecified atom stereocenters. The van der Waals surface area contributed by atoms with Crippen LogP contribution in [0, 0.1) is 20.8 Å². The molecular weight excluding hydrogens is 1430 g/mol. The molecule has 12 aromatic carbocycles. The Labute approximate surface area is 677 Å². The number of imidazole rings is 3. The third-order valence-corrected chi connectivity index (χ3v) is 23.1. The first kappa shape index (κ1) is 69.5. The van der Waals surface area contributed by atoms with Crippen molar-refractivity contribution < 1.29 is 0 Å². The van der Waals surface area contributed by atoms with Crippen molar-refractivity contribution in [3.05, 3.63) is 400 Å². The summed E-state index contributed by atoms with van der Waals surface area (Å²) in [6.45, 7) is 12.5. The van der Waals surface area contributed by atoms with Gasteiger partial charge in [-0.25, -0.2) is 15.0 Å². The Bertz CT molecular complexity index is 7350. The van der Waals surface area contributed by atoms with Gasteiger partial charge in [0.05, 0.1) is 28.5 Å². The van der Waals surface area contributed by atoms with E-state index in [1.807, 2.05) is 57.4 Å². The molecule has 20 aromatic rings. The molecule has 2 N–H and O–H groups in total. The largest absolute Gasteiger partial charge is 0.401 e. The van der Waals surface area contributed by atoms with Crippen LogP contribution in [0.15, 0.2) is 372 Å². The van der Waals surface area contributed by atoms with E-state index in [-0.39, 0.29) is 0 Å². The lowest BCUT2D eigenvalue weighted by molar-refractivity contribution is 0.713. The van der Waals surface area contributed by atoms with E-state index in [2.05, 4.69) is 360 Å². The first-order valence-corrected chi connectivity index (χ1v) is 39.6. The van der Waals surface area contributed by atoms with E-state index in [4.69, 9.17) is 30.7 Å². The second-order valence-electron chi connectivity index (χ2n) is 30.8. The highest BCUT2D eigenvalue weighted by molar-refractivity contribution is 6.04. The van der Waals surface area contributed by atoms with Crippen molar-refractivity contribution in [2.75, 3.05) is 0 Å². The molecule has 554 valence electrons. The topological polar surface area (TPSA) is 107 Å². The Kier molecular flexibility index (Phi) is 16.9. The molecule has 0 saturated carbocycles. The average molecular weight is 1500 g/mol. The minimum absolute atomic E-state index is 0.706. The molecule has 0 saturated heterocycles. The highest BCUT2D eigenvalue weighted by Gasteiger charge is 2.23. The van der Waals surface area contributed by atoms with Crippen LogP contribution in [0.1, 0.15) is 35.1 Å². The van der Waals surface area contributed by atoms with Crippen molar-refractivity contribution >= 4 is 61.0 Å². The van der Waals surface area contributed by atoms with Gasteiger partial charge in [0, 0.05) is 106 Å². The summed E-state index contributed by atoms with van der Waals surface area (Å²) in [6.07, 6.45) is 22.6. The predicted octanol–water partition coefficient (Wildman–Crippen LogP) is 26.6. The molecule has 1 aliphatic heterocycles. The van der Waals surface area contributed by atoms with Gasteiger partial charge in [0.2, 0.25) is 0 Å². The van der Waals surface area contributed by atoms with Crippen molar-refractivity contribution in [2.45, 2.75) is 27.7 Å². The number of hydrogen-bond donors (Lipinski definition) is 1. The minimum atomic E-state index is 0.706. The number of pyridine rings is 5. The molecule has 10 nitrogen and oxygen atoms in total. The Balaban J connectivity index is 0.640. The molecule has 0 bridgehead atoms. The SMILES string of the molecule is C=C1c2ccc(-c3ccccc3-c3cc(-c4ccccc4-c4ccc(-c5ccc(-c6ccccc6-c6cc(-c7ccccc7-c7ccc8c(ccn9cc(C)nc89)c7)cc(-c7ccccc7-c7ccc8c(ccn9cc(C)nc89)c7)c6)cn5)nc4)cc(-c4ccccc4-c4ccc5c(ccn6cc(C)nc56)c4)c3)cc2C=CN1/C=C(/C)N. The van der Waals surface area contributed by atoms with E-state index in [1.54, 1.807) is 0 Å². The van der Waals surface area contributed by atoms with E-state index < -0.39 is 0 Å². The Morgan fingerprint density at radius 3 is 0.889 bits per heavy atom. The van der Waals surface area contributed by atoms with Crippen LogP contribution in [0.2, 0.25) is 0 Å². The summed E-state index contributed by atoms with van der Waals surface area (Å²) in [5, 5.41) is 6.76. The highest BCUT2D eigenvalue weighted by Crippen LogP contribution is 2.47. The maximum atomic E-state index is 6.15. The van der Waals surface area contributed by atoms with Crippen molar-refractivity contribution in [1.82, 2.24) is 43.0 Å². The standard InChI is InChI=1S/C107H76N10/c1-66(108)62-114-46-42-75-50-71(30-36-87(75)70(114)5)88-18-6-12-24-94(88)81-54-82(95-25-13-7-19-89(95)72-31-37-100-76(51-72)43-47-115-63-67(2)111-105(100)115)57-85(56-81)98-28-16-10-22-92(98)79-34-40-103(109-60-79)104-41-35-80(61-110-104)93-23-11-17-29-99(93)86-58-83(96-26-14-8-20-90(96)73-32-38-101-77(52-73)44-48-116-64-68(3)112-106(101)116)55-84(59-86)97-27-15-9-21-91(97)74-33-39-102-78(53-74)45-49-117-65-69(4)113-107(102)117/h6-65H,5,108H2,1-4H3/b66-62-. The summed E-state index contributed by atoms with van der Waals surface area (Å²) in [4.78, 5) is 27.2. The quantitative estimate of drug-likeness (QED) is 0.116. The maximum Gasteiger partial charge on any atom is 0.144 e. The lowest BCUT2D eigenvalue weighted by Gasteiger charge is -2.25. The van der Waals surface area contributed by atoms with Crippen LogP contribution in [0.5, 0.6) is 0 Å². The zero-order valence-corrected chi connectivity index (χ0v) is 65.0. The van der Waals surface area contributed by atoms with E-state index in [0.29, 0.717) is 5.70 Å². The molecule has 0 amide bonds. The van der Waals surface area contributed by atoms with Gasteiger partial charge in [-0.05, 0) is 269 Å². The van der Waals surface area contributed by atoms with E-state index in [1.165, 1.54) is 0 Å². The molecule has 0 atom stereocenters. The minimum Gasteiger partial charge on any atom is -0.401 e. The summed E-state index contributed by atoms with van der Waals surface area (Å²) in [5.41, 5.74) is 43.6. The van der Waals surface area contributed by atoms with Crippen LogP contribution >= 0.6 is 0 Å². The average Bonchev–Trinajstić information content (AvgIpc) is 1.29. The Hall–Kier alpha value is -15.4. The lowest BCUT2D eigenvalue weighted by atomic mass is 9.86. The lowest BCUT2D eigenvalue weighted by Crippen LogP contribution is -2.13. The number of rotatable bonds is 14. The zero-order valence-electron chi connectivity index (χ0n) is 65.0. The molecular formula is C107H76N10. The molecule has 0 aliphatic carbocycles. The fourth-order valence-corrected chi connectivity index (χ4v) is 17.6. The van der Waals surface area contributed by atoms with Gasteiger partial charge in [0.15, 0.2) is 0 Å². The molecule has 0 spiro atoms. The molecule has 10 heteroatoms. The van der Waals surface area contributed by atoms with Crippen LogP contribution < -0.4 is 5.73 Å². The summed E-state index contributed by atoms with van der Waals surface area (Å²) in [7, 11) is 0. The van der Waals surface area contributed by atoms with Crippen LogP contribution in [0.25, 0.3) is 206 Å². The Morgan fingerprint density at radius 2 is 0.590 bits per heavy atom. The number of aryl methyl sites for hydroxylation is 3. The highest BCUT2D eigenvalue weighted by atomic mass is 15.1. The zero-order chi connectivity index (χ0) is 78.5. The summed E-state index contributed by atoms with van der Waals surface area (Å²) in [6, 6.07) is 109. The van der Waals surface area contributed by atoms with Crippen molar-refractivity contribution in [3.8, 4) is 145 Å². The van der Waals surface area contributed by atoms with Crippen LogP contribution in [-0.2, 0) is 0 Å². The summed E-state index contributed by atoms with van der Waals surface area (Å²) >= 11 is 0. The number of benzene rings is 12. The smallest absolute Gasteiger partial charge is 0.144 e. The van der Waals surface area contributed by atoms with Crippen molar-refractivity contribution in [1.29, 1.82) is 0 Å². The number of nitrogens with zero attached hydrogens (tertiary/aromatic N) is 9. The van der Waals surface area contributed by atoms with Gasteiger partial charge in [0.25, 0.3) is 0 Å². The van der Waals surface area contributed by atoms with Gasteiger partial charge in [-0.1, -0.05) is 213 Å². The van der Waals surface area contributed by atoms with E-state index >= 15 is 0 Å². The molecule has 9 heterocycles. The molecule has 0 radical (unpaired) electrons. The van der Waals surface area contributed by atoms with Crippen LogP contribution in [0.4, 0.5) is 0 Å². The molecule has 0 fully saturated rings. The summed E-state index contributed by atoms with van der Waals surface area (Å²) < 4.78 is 6.33. The van der Waals surface area contributed by atoms with Gasteiger partial charge in [-0.15, -0.1) is 0 Å². The molecule has 8 aromatic heterocycles. The van der Waals surface area contributed by atoms with E-state index in [9.17, 15) is 0 Å². The van der Waals surface area contributed by atoms with Gasteiger partial charge in [-0.3, -0.25) is 9.97 Å². The first-order valence-electron chi connectivity index (χ1n) is 39.6. The van der Waals surface area contributed by atoms with Gasteiger partial charge < -0.3 is 23.8 Å². The molecule has 1 aliphatic rings. The Morgan fingerprint density at radius 1 is 0.308 bits per heavy atom. The van der Waals surface area contributed by atoms with Crippen molar-refractivity contribution in [2.24, 2.45) is 5.73 Å². The third kappa shape index (κ3) is 12.6. The van der Waals surface area contributed by atoms with Gasteiger partial charge in [-0.2, -0.15) is 0 Å². The number of aromatic nitrogens is 8. The predicted molar refractivity (Wildman–Crippen MR) is 484 cm³/mol. The number of allylic oxidation sites excluding steroid dienone is 1. The molecule has 117 heavy (non-hydrogen) atoms. The third-order valence-electron chi connectivity index (χ3n) is 23.1. The monoisotopic (exact) mass is 1500 g/mol. The second kappa shape index (κ2) is 28.4. The van der Waals surface area contributed by atoms with Crippen molar-refractivity contribution in [3.63, 3.8) is 0 Å². The number of fused-ring (bicyclic) bond motifs is 10. The number of hydrogen-bond acceptors (Lipinski definition) is 7. The fourth-order valence-electron chi connectivity index (χ4n) is 17.6. The second-order valence-corrected chi connectivity index (χ2v) is 30.8. The number of nitrogens with two attached hydrogens (primary N) is 1. The molecule has 21 rings (SSSR count). The van der Waals surface area contributed by atoms with Gasteiger partial charge >= 0.3 is 0 Å². The van der Waals surface area contributed by atoms with Gasteiger partial charge in [0.1, 0.15) is 16.9 Å². The summed E-state index contributed by atoms with van der Waals surface area (Å²) in [5.74, 6) is 0. The van der Waals surface area contributed by atoms with Crippen LogP contribution in [-0.4, -0.2) is 43.0 Å². The maximum absolute atomic E-state index is 6.15.